The predicted molar refractivity (Wildman–Crippen MR) is 71.2 cm³/mol. The van der Waals surface area contributed by atoms with E-state index in [9.17, 15) is 13.2 Å². The van der Waals surface area contributed by atoms with Crippen LogP contribution in [0.2, 0.25) is 0 Å². The smallest absolute Gasteiger partial charge is 0.327 e. The minimum Gasteiger partial charge on any atom is -0.327 e. The van der Waals surface area contributed by atoms with E-state index in [4.69, 9.17) is 5.73 Å². The first-order valence-corrected chi connectivity index (χ1v) is 7.09. The van der Waals surface area contributed by atoms with Crippen LogP contribution in [0.25, 0.3) is 0 Å². The van der Waals surface area contributed by atoms with Gasteiger partial charge in [-0.2, -0.15) is 13.2 Å². The van der Waals surface area contributed by atoms with Crippen molar-refractivity contribution >= 4 is 0 Å². The molecule has 0 radical (unpaired) electrons. The van der Waals surface area contributed by atoms with Crippen molar-refractivity contribution in [3.63, 3.8) is 0 Å². The van der Waals surface area contributed by atoms with Gasteiger partial charge in [0.1, 0.15) is 0 Å². The fourth-order valence-electron chi connectivity index (χ4n) is 3.93. The molecule has 1 aromatic rings. The summed E-state index contributed by atoms with van der Waals surface area (Å²) in [6, 6.07) is 7.72. The summed E-state index contributed by atoms with van der Waals surface area (Å²) in [6.07, 6.45) is -2.60. The Morgan fingerprint density at radius 2 is 1.80 bits per heavy atom. The number of nitrogens with one attached hydrogen (secondary N) is 1. The maximum absolute atomic E-state index is 13.5. The summed E-state index contributed by atoms with van der Waals surface area (Å²) in [5.41, 5.74) is 6.35. The van der Waals surface area contributed by atoms with Gasteiger partial charge in [0.05, 0.1) is 5.92 Å². The molecule has 110 valence electrons. The SMILES string of the molecule is NC1CCC2C1CNC2C(c1ccccc1)C(F)(F)F. The highest BCUT2D eigenvalue weighted by Crippen LogP contribution is 2.47. The van der Waals surface area contributed by atoms with Crippen molar-refractivity contribution in [2.45, 2.75) is 37.0 Å². The van der Waals surface area contributed by atoms with Crippen molar-refractivity contribution in [3.05, 3.63) is 35.9 Å². The summed E-state index contributed by atoms with van der Waals surface area (Å²) in [5.74, 6) is -1.21. The molecular weight excluding hydrogens is 265 g/mol. The van der Waals surface area contributed by atoms with E-state index in [2.05, 4.69) is 5.32 Å². The Hall–Kier alpha value is -1.07. The molecule has 20 heavy (non-hydrogen) atoms. The van der Waals surface area contributed by atoms with Gasteiger partial charge in [-0.1, -0.05) is 30.3 Å². The van der Waals surface area contributed by atoms with E-state index in [1.807, 2.05) is 0 Å². The number of hydrogen-bond donors (Lipinski definition) is 2. The molecular formula is C15H19F3N2. The van der Waals surface area contributed by atoms with Crippen LogP contribution in [0.4, 0.5) is 13.2 Å². The lowest BCUT2D eigenvalue weighted by Crippen LogP contribution is -2.41. The third kappa shape index (κ3) is 2.33. The summed E-state index contributed by atoms with van der Waals surface area (Å²) in [6.45, 7) is 0.607. The van der Waals surface area contributed by atoms with Crippen molar-refractivity contribution in [1.29, 1.82) is 0 Å². The van der Waals surface area contributed by atoms with Crippen LogP contribution in [-0.4, -0.2) is 24.8 Å². The van der Waals surface area contributed by atoms with Crippen molar-refractivity contribution in [2.75, 3.05) is 6.54 Å². The van der Waals surface area contributed by atoms with Crippen molar-refractivity contribution in [2.24, 2.45) is 17.6 Å². The van der Waals surface area contributed by atoms with E-state index in [1.165, 1.54) is 0 Å². The number of nitrogens with two attached hydrogens (primary N) is 1. The molecule has 2 aliphatic rings. The van der Waals surface area contributed by atoms with Crippen molar-refractivity contribution < 1.29 is 13.2 Å². The first kappa shape index (κ1) is 13.9. The maximum atomic E-state index is 13.5. The van der Waals surface area contributed by atoms with Gasteiger partial charge in [-0.15, -0.1) is 0 Å². The molecule has 3 rings (SSSR count). The first-order valence-electron chi connectivity index (χ1n) is 7.09. The van der Waals surface area contributed by atoms with Crippen LogP contribution in [0.1, 0.15) is 24.3 Å². The summed E-state index contributed by atoms with van der Waals surface area (Å²) < 4.78 is 40.6. The van der Waals surface area contributed by atoms with Gasteiger partial charge in [0.2, 0.25) is 0 Å². The second kappa shape index (κ2) is 5.04. The number of hydrogen-bond acceptors (Lipinski definition) is 2. The predicted octanol–water partition coefficient (Wildman–Crippen LogP) is 2.66. The first-order chi connectivity index (χ1) is 9.48. The lowest BCUT2D eigenvalue weighted by atomic mass is 9.81. The van der Waals surface area contributed by atoms with Crippen LogP contribution in [0, 0.1) is 11.8 Å². The highest BCUT2D eigenvalue weighted by Gasteiger charge is 2.54. The lowest BCUT2D eigenvalue weighted by molar-refractivity contribution is -0.158. The largest absolute Gasteiger partial charge is 0.397 e. The molecule has 1 aliphatic heterocycles. The molecule has 5 atom stereocenters. The number of benzene rings is 1. The number of fused-ring (bicyclic) bond motifs is 1. The quantitative estimate of drug-likeness (QED) is 0.876. The summed E-state index contributed by atoms with van der Waals surface area (Å²) >= 11 is 0. The van der Waals surface area contributed by atoms with Crippen LogP contribution in [0.5, 0.6) is 0 Å². The van der Waals surface area contributed by atoms with Gasteiger partial charge in [0, 0.05) is 18.6 Å². The Kier molecular flexibility index (Phi) is 3.50. The molecule has 1 aliphatic carbocycles. The Bertz CT molecular complexity index is 460. The monoisotopic (exact) mass is 284 g/mol. The van der Waals surface area contributed by atoms with Gasteiger partial charge < -0.3 is 11.1 Å². The topological polar surface area (TPSA) is 38.0 Å². The van der Waals surface area contributed by atoms with E-state index >= 15 is 0 Å². The zero-order valence-electron chi connectivity index (χ0n) is 11.1. The highest BCUT2D eigenvalue weighted by molar-refractivity contribution is 5.25. The van der Waals surface area contributed by atoms with Gasteiger partial charge in [-0.25, -0.2) is 0 Å². The van der Waals surface area contributed by atoms with Crippen LogP contribution in [-0.2, 0) is 0 Å². The van der Waals surface area contributed by atoms with E-state index in [1.54, 1.807) is 30.3 Å². The summed E-state index contributed by atoms with van der Waals surface area (Å²) in [7, 11) is 0. The minimum absolute atomic E-state index is 0.0387. The minimum atomic E-state index is -4.24. The van der Waals surface area contributed by atoms with Gasteiger partial charge >= 0.3 is 6.18 Å². The zero-order chi connectivity index (χ0) is 14.3. The van der Waals surface area contributed by atoms with Crippen molar-refractivity contribution in [1.82, 2.24) is 5.32 Å². The molecule has 0 spiro atoms. The van der Waals surface area contributed by atoms with Gasteiger partial charge in [0.15, 0.2) is 0 Å². The van der Waals surface area contributed by atoms with Crippen molar-refractivity contribution in [3.8, 4) is 0 Å². The van der Waals surface area contributed by atoms with Crippen LogP contribution < -0.4 is 11.1 Å². The molecule has 1 saturated heterocycles. The molecule has 5 heteroatoms. The number of alkyl halides is 3. The lowest BCUT2D eigenvalue weighted by Gasteiger charge is -2.30. The van der Waals surface area contributed by atoms with Crippen LogP contribution >= 0.6 is 0 Å². The van der Waals surface area contributed by atoms with Gasteiger partial charge in [-0.05, 0) is 30.2 Å². The third-order valence-electron chi connectivity index (χ3n) is 4.85. The summed E-state index contributed by atoms with van der Waals surface area (Å²) in [4.78, 5) is 0. The molecule has 0 bridgehead atoms. The molecule has 2 nitrogen and oxygen atoms in total. The third-order valence-corrected chi connectivity index (χ3v) is 4.85. The van der Waals surface area contributed by atoms with E-state index in [0.717, 1.165) is 12.8 Å². The van der Waals surface area contributed by atoms with E-state index in [0.29, 0.717) is 12.1 Å². The second-order valence-corrected chi connectivity index (χ2v) is 5.93. The fraction of sp³-hybridized carbons (Fsp3) is 0.600. The van der Waals surface area contributed by atoms with Gasteiger partial charge in [0.25, 0.3) is 0 Å². The number of rotatable bonds is 2. The zero-order valence-corrected chi connectivity index (χ0v) is 11.1. The fourth-order valence-corrected chi connectivity index (χ4v) is 3.93. The standard InChI is InChI=1S/C15H19F3N2/c16-15(17,18)13(9-4-2-1-3-5-9)14-10-6-7-12(19)11(10)8-20-14/h1-5,10-14,20H,6-8,19H2. The Morgan fingerprint density at radius 1 is 1.10 bits per heavy atom. The second-order valence-electron chi connectivity index (χ2n) is 5.93. The average Bonchev–Trinajstić information content (AvgIpc) is 2.94. The Labute approximate surface area is 116 Å². The molecule has 5 unspecified atom stereocenters. The molecule has 3 N–H and O–H groups in total. The Balaban J connectivity index is 1.92. The molecule has 0 amide bonds. The van der Waals surface area contributed by atoms with E-state index in [-0.39, 0.29) is 17.9 Å². The highest BCUT2D eigenvalue weighted by atomic mass is 19.4. The molecule has 1 heterocycles. The molecule has 2 fully saturated rings. The molecule has 0 aromatic heterocycles. The summed E-state index contributed by atoms with van der Waals surface area (Å²) in [5, 5.41) is 3.09. The normalized spacial score (nSPS) is 35.0. The molecule has 1 saturated carbocycles. The molecule has 1 aromatic carbocycles. The maximum Gasteiger partial charge on any atom is 0.397 e. The van der Waals surface area contributed by atoms with Crippen LogP contribution in [0.15, 0.2) is 30.3 Å². The van der Waals surface area contributed by atoms with Crippen LogP contribution in [0.3, 0.4) is 0 Å². The van der Waals surface area contributed by atoms with E-state index < -0.39 is 18.1 Å². The Morgan fingerprint density at radius 3 is 2.45 bits per heavy atom. The average molecular weight is 284 g/mol. The number of halogens is 3. The van der Waals surface area contributed by atoms with Gasteiger partial charge in [-0.3, -0.25) is 0 Å².